The van der Waals surface area contributed by atoms with Gasteiger partial charge in [0, 0.05) is 6.54 Å². The van der Waals surface area contributed by atoms with Crippen LogP contribution in [0.5, 0.6) is 0 Å². The molecule has 2 rings (SSSR count). The van der Waals surface area contributed by atoms with Crippen LogP contribution < -0.4 is 5.73 Å². The van der Waals surface area contributed by atoms with E-state index in [-0.39, 0.29) is 6.54 Å². The Balaban J connectivity index is 2.05. The number of nitrogens with two attached hydrogens (primary N) is 1. The molecule has 0 aliphatic carbocycles. The number of hydrogen-bond donors (Lipinski definition) is 3. The molecule has 2 aliphatic heterocycles. The average Bonchev–Trinajstić information content (AvgIpc) is 2.60. The molecular formula is C9H17NO5. The van der Waals surface area contributed by atoms with Gasteiger partial charge in [-0.2, -0.15) is 0 Å². The fourth-order valence-electron chi connectivity index (χ4n) is 1.97. The second kappa shape index (κ2) is 3.65. The average molecular weight is 219 g/mol. The molecule has 0 bridgehead atoms. The van der Waals surface area contributed by atoms with Crippen LogP contribution in [-0.4, -0.2) is 53.3 Å². The van der Waals surface area contributed by atoms with Crippen molar-refractivity contribution in [2.45, 2.75) is 50.3 Å². The minimum absolute atomic E-state index is 0.0323. The van der Waals surface area contributed by atoms with Crippen LogP contribution >= 0.6 is 0 Å². The molecular weight excluding hydrogens is 202 g/mol. The number of hydrogen-bond acceptors (Lipinski definition) is 6. The van der Waals surface area contributed by atoms with E-state index in [1.165, 1.54) is 0 Å². The summed E-state index contributed by atoms with van der Waals surface area (Å²) in [5, 5.41) is 19.3. The third kappa shape index (κ3) is 1.89. The highest BCUT2D eigenvalue weighted by Gasteiger charge is 2.55. The number of aliphatic hydroxyl groups excluding tert-OH is 2. The lowest BCUT2D eigenvalue weighted by Gasteiger charge is -2.25. The van der Waals surface area contributed by atoms with E-state index in [0.29, 0.717) is 0 Å². The first-order valence-electron chi connectivity index (χ1n) is 5.02. The van der Waals surface area contributed by atoms with E-state index >= 15 is 0 Å². The lowest BCUT2D eigenvalue weighted by Crippen LogP contribution is -2.43. The van der Waals surface area contributed by atoms with Crippen LogP contribution in [0.2, 0.25) is 0 Å². The van der Waals surface area contributed by atoms with E-state index in [9.17, 15) is 10.2 Å². The van der Waals surface area contributed by atoms with Crippen molar-refractivity contribution in [1.29, 1.82) is 0 Å². The Kier molecular flexibility index (Phi) is 2.74. The molecule has 0 amide bonds. The Labute approximate surface area is 87.9 Å². The molecule has 0 radical (unpaired) electrons. The third-order valence-electron chi connectivity index (χ3n) is 2.67. The van der Waals surface area contributed by atoms with Gasteiger partial charge in [-0.05, 0) is 13.8 Å². The van der Waals surface area contributed by atoms with E-state index in [1.54, 1.807) is 13.8 Å². The largest absolute Gasteiger partial charge is 0.389 e. The molecule has 0 spiro atoms. The number of ether oxygens (including phenoxy) is 3. The van der Waals surface area contributed by atoms with Crippen LogP contribution in [0.4, 0.5) is 0 Å². The van der Waals surface area contributed by atoms with Gasteiger partial charge in [0.25, 0.3) is 0 Å². The second-order valence-electron chi connectivity index (χ2n) is 4.36. The van der Waals surface area contributed by atoms with Gasteiger partial charge in [-0.3, -0.25) is 0 Å². The highest BCUT2D eigenvalue weighted by molar-refractivity contribution is 4.95. The van der Waals surface area contributed by atoms with Crippen molar-refractivity contribution in [3.05, 3.63) is 0 Å². The quantitative estimate of drug-likeness (QED) is 0.525. The summed E-state index contributed by atoms with van der Waals surface area (Å²) in [5.41, 5.74) is 5.29. The lowest BCUT2D eigenvalue weighted by molar-refractivity contribution is -0.225. The van der Waals surface area contributed by atoms with E-state index in [4.69, 9.17) is 19.9 Å². The number of rotatable bonds is 2. The van der Waals surface area contributed by atoms with Crippen molar-refractivity contribution >= 4 is 0 Å². The van der Waals surface area contributed by atoms with Gasteiger partial charge in [0.2, 0.25) is 0 Å². The van der Waals surface area contributed by atoms with Crippen molar-refractivity contribution in [2.75, 3.05) is 6.54 Å². The lowest BCUT2D eigenvalue weighted by atomic mass is 10.1. The Bertz CT molecular complexity index is 247. The Hall–Kier alpha value is -0.240. The highest BCUT2D eigenvalue weighted by atomic mass is 16.8. The molecule has 2 heterocycles. The van der Waals surface area contributed by atoms with Crippen LogP contribution in [0.25, 0.3) is 0 Å². The first-order chi connectivity index (χ1) is 6.94. The molecule has 0 aromatic heterocycles. The normalized spacial score (nSPS) is 45.4. The summed E-state index contributed by atoms with van der Waals surface area (Å²) in [6.07, 6.45) is -3.72. The molecule has 2 aliphatic rings. The monoisotopic (exact) mass is 219 g/mol. The van der Waals surface area contributed by atoms with Crippen LogP contribution in [0.1, 0.15) is 13.8 Å². The minimum Gasteiger partial charge on any atom is -0.389 e. The first kappa shape index (κ1) is 11.3. The van der Waals surface area contributed by atoms with Crippen LogP contribution in [-0.2, 0) is 14.2 Å². The molecule has 0 aromatic rings. The summed E-state index contributed by atoms with van der Waals surface area (Å²) in [7, 11) is 0. The van der Waals surface area contributed by atoms with Gasteiger partial charge < -0.3 is 30.2 Å². The fraction of sp³-hybridized carbons (Fsp3) is 1.00. The molecule has 5 atom stereocenters. The maximum absolute atomic E-state index is 9.85. The molecule has 2 fully saturated rings. The maximum Gasteiger partial charge on any atom is 0.190 e. The zero-order valence-electron chi connectivity index (χ0n) is 8.79. The molecule has 4 N–H and O–H groups in total. The van der Waals surface area contributed by atoms with Crippen LogP contribution in [0.3, 0.4) is 0 Å². The molecule has 88 valence electrons. The van der Waals surface area contributed by atoms with Gasteiger partial charge in [0.1, 0.15) is 18.3 Å². The van der Waals surface area contributed by atoms with Gasteiger partial charge in [-0.25, -0.2) is 0 Å². The summed E-state index contributed by atoms with van der Waals surface area (Å²) in [5.74, 6) is -0.755. The Morgan fingerprint density at radius 1 is 1.40 bits per heavy atom. The van der Waals surface area contributed by atoms with E-state index in [2.05, 4.69) is 0 Å². The predicted molar refractivity (Wildman–Crippen MR) is 49.8 cm³/mol. The minimum atomic E-state index is -0.907. The van der Waals surface area contributed by atoms with Gasteiger partial charge in [-0.15, -0.1) is 0 Å². The zero-order valence-corrected chi connectivity index (χ0v) is 8.79. The SMILES string of the molecule is CC1(C)O[C@H]2O[C@H]([C@H](O)CN)[C@H](O)[C@H]2O1. The van der Waals surface area contributed by atoms with E-state index in [0.717, 1.165) is 0 Å². The fourth-order valence-corrected chi connectivity index (χ4v) is 1.97. The number of aliphatic hydroxyl groups is 2. The summed E-state index contributed by atoms with van der Waals surface area (Å²) in [4.78, 5) is 0. The molecule has 6 nitrogen and oxygen atoms in total. The Morgan fingerprint density at radius 3 is 2.60 bits per heavy atom. The summed E-state index contributed by atoms with van der Waals surface area (Å²) < 4.78 is 16.2. The summed E-state index contributed by atoms with van der Waals surface area (Å²) in [6, 6.07) is 0. The Morgan fingerprint density at radius 2 is 2.07 bits per heavy atom. The van der Waals surface area contributed by atoms with Crippen LogP contribution in [0.15, 0.2) is 0 Å². The zero-order chi connectivity index (χ0) is 11.2. The van der Waals surface area contributed by atoms with E-state index in [1.807, 2.05) is 0 Å². The molecule has 15 heavy (non-hydrogen) atoms. The predicted octanol–water partition coefficient (Wildman–Crippen LogP) is -1.46. The smallest absolute Gasteiger partial charge is 0.190 e. The van der Waals surface area contributed by atoms with Crippen molar-refractivity contribution in [3.63, 3.8) is 0 Å². The van der Waals surface area contributed by atoms with Gasteiger partial charge in [-0.1, -0.05) is 0 Å². The second-order valence-corrected chi connectivity index (χ2v) is 4.36. The van der Waals surface area contributed by atoms with Crippen LogP contribution in [0, 0.1) is 0 Å². The summed E-state index contributed by atoms with van der Waals surface area (Å²) in [6.45, 7) is 3.52. The summed E-state index contributed by atoms with van der Waals surface area (Å²) >= 11 is 0. The van der Waals surface area contributed by atoms with Gasteiger partial charge >= 0.3 is 0 Å². The van der Waals surface area contributed by atoms with E-state index < -0.39 is 36.5 Å². The molecule has 0 saturated carbocycles. The molecule has 0 unspecified atom stereocenters. The number of fused-ring (bicyclic) bond motifs is 1. The van der Waals surface area contributed by atoms with Crippen molar-refractivity contribution in [2.24, 2.45) is 5.73 Å². The van der Waals surface area contributed by atoms with Crippen molar-refractivity contribution < 1.29 is 24.4 Å². The third-order valence-corrected chi connectivity index (χ3v) is 2.67. The molecule has 2 saturated heterocycles. The topological polar surface area (TPSA) is 94.2 Å². The molecule has 0 aromatic carbocycles. The standard InChI is InChI=1S/C9H17NO5/c1-9(2)14-7-5(12)6(4(11)3-10)13-8(7)15-9/h4-8,11-12H,3,10H2,1-2H3/t4-,5+,6-,7-,8-/m1/s1. The highest BCUT2D eigenvalue weighted by Crippen LogP contribution is 2.37. The van der Waals surface area contributed by atoms with Crippen molar-refractivity contribution in [1.82, 2.24) is 0 Å². The first-order valence-corrected chi connectivity index (χ1v) is 5.02. The van der Waals surface area contributed by atoms with Gasteiger partial charge in [0.15, 0.2) is 12.1 Å². The van der Waals surface area contributed by atoms with Gasteiger partial charge in [0.05, 0.1) is 6.10 Å². The van der Waals surface area contributed by atoms with Crippen molar-refractivity contribution in [3.8, 4) is 0 Å². The maximum atomic E-state index is 9.85. The molecule has 6 heteroatoms.